The second-order valence-corrected chi connectivity index (χ2v) is 13.4. The van der Waals surface area contributed by atoms with Gasteiger partial charge in [-0.05, 0) is 63.0 Å². The minimum absolute atomic E-state index is 0.567. The second kappa shape index (κ2) is 12.1. The molecule has 0 aliphatic heterocycles. The standard InChI is InChI=1S/C48H28N4O2/c1-3-13-30(14-4-1)45-50-46(31-15-5-2-6-16-31)52-47(51-45)42-35-19-9-7-17-33(35)41(34-18-8-10-20-36(34)42)29-23-25-32(26-24-29)48-49-44-40(54-48)28-27-39-43(44)37-21-11-12-22-38(37)53-39/h1-28H. The molecule has 11 rings (SSSR count). The monoisotopic (exact) mass is 692 g/mol. The van der Waals surface area contributed by atoms with Crippen molar-refractivity contribution in [1.82, 2.24) is 19.9 Å². The van der Waals surface area contributed by atoms with E-state index in [0.717, 1.165) is 88.0 Å². The normalized spacial score (nSPS) is 11.7. The lowest BCUT2D eigenvalue weighted by atomic mass is 9.88. The Balaban J connectivity index is 1.08. The van der Waals surface area contributed by atoms with E-state index in [-0.39, 0.29) is 0 Å². The molecule has 3 aromatic heterocycles. The molecule has 8 aromatic carbocycles. The molecule has 252 valence electrons. The van der Waals surface area contributed by atoms with Crippen LogP contribution in [0.4, 0.5) is 0 Å². The summed E-state index contributed by atoms with van der Waals surface area (Å²) in [5, 5.41) is 6.35. The molecular formula is C48H28N4O2. The first kappa shape index (κ1) is 30.2. The van der Waals surface area contributed by atoms with Crippen molar-refractivity contribution in [2.75, 3.05) is 0 Å². The summed E-state index contributed by atoms with van der Waals surface area (Å²) in [5.41, 5.74) is 9.13. The molecule has 0 aliphatic rings. The van der Waals surface area contributed by atoms with Crippen LogP contribution in [-0.2, 0) is 0 Å². The SMILES string of the molecule is c1ccc(-c2nc(-c3ccccc3)nc(-c3c4ccccc4c(-c4ccc(-c5nc6c(ccc7oc8ccccc8c76)o5)cc4)c4ccccc34)n2)cc1. The predicted octanol–water partition coefficient (Wildman–Crippen LogP) is 12.6. The summed E-state index contributed by atoms with van der Waals surface area (Å²) in [6, 6.07) is 57.7. The smallest absolute Gasteiger partial charge is 0.227 e. The number of nitrogens with zero attached hydrogens (tertiary/aromatic N) is 4. The van der Waals surface area contributed by atoms with Crippen LogP contribution in [0.2, 0.25) is 0 Å². The molecule has 11 aromatic rings. The maximum absolute atomic E-state index is 6.34. The molecule has 0 spiro atoms. The average molecular weight is 693 g/mol. The molecule has 0 radical (unpaired) electrons. The van der Waals surface area contributed by atoms with Gasteiger partial charge in [0.15, 0.2) is 23.1 Å². The summed E-state index contributed by atoms with van der Waals surface area (Å²) in [4.78, 5) is 20.3. The molecule has 0 saturated heterocycles. The van der Waals surface area contributed by atoms with E-state index in [4.69, 9.17) is 28.8 Å². The summed E-state index contributed by atoms with van der Waals surface area (Å²) in [5.74, 6) is 2.46. The topological polar surface area (TPSA) is 77.8 Å². The molecular weight excluding hydrogens is 665 g/mol. The number of aromatic nitrogens is 4. The first-order chi connectivity index (χ1) is 26.8. The van der Waals surface area contributed by atoms with Gasteiger partial charge in [0.1, 0.15) is 16.7 Å². The number of benzene rings is 8. The van der Waals surface area contributed by atoms with Crippen molar-refractivity contribution in [3.63, 3.8) is 0 Å². The van der Waals surface area contributed by atoms with Crippen LogP contribution in [0.3, 0.4) is 0 Å². The number of hydrogen-bond donors (Lipinski definition) is 0. The molecule has 0 bridgehead atoms. The van der Waals surface area contributed by atoms with Gasteiger partial charge in [0, 0.05) is 27.6 Å². The highest BCUT2D eigenvalue weighted by Crippen LogP contribution is 2.44. The number of rotatable bonds is 5. The quantitative estimate of drug-likeness (QED) is 0.167. The molecule has 0 unspecified atom stereocenters. The Labute approximate surface area is 309 Å². The lowest BCUT2D eigenvalue weighted by Gasteiger charge is -2.17. The summed E-state index contributed by atoms with van der Waals surface area (Å²) in [6.45, 7) is 0. The van der Waals surface area contributed by atoms with Gasteiger partial charge in [0.25, 0.3) is 0 Å². The van der Waals surface area contributed by atoms with Gasteiger partial charge in [-0.1, -0.05) is 140 Å². The van der Waals surface area contributed by atoms with Gasteiger partial charge < -0.3 is 8.83 Å². The van der Waals surface area contributed by atoms with Gasteiger partial charge in [-0.2, -0.15) is 0 Å². The lowest BCUT2D eigenvalue weighted by Crippen LogP contribution is -2.01. The number of hydrogen-bond acceptors (Lipinski definition) is 6. The van der Waals surface area contributed by atoms with Gasteiger partial charge in [0.05, 0.1) is 5.39 Å². The molecule has 0 atom stereocenters. The van der Waals surface area contributed by atoms with Crippen LogP contribution in [-0.4, -0.2) is 19.9 Å². The lowest BCUT2D eigenvalue weighted by molar-refractivity contribution is 0.619. The third kappa shape index (κ3) is 4.81. The molecule has 6 heteroatoms. The molecule has 54 heavy (non-hydrogen) atoms. The Morgan fingerprint density at radius 1 is 0.296 bits per heavy atom. The highest BCUT2D eigenvalue weighted by molar-refractivity contribution is 6.21. The van der Waals surface area contributed by atoms with Crippen molar-refractivity contribution in [2.45, 2.75) is 0 Å². The van der Waals surface area contributed by atoms with Crippen molar-refractivity contribution in [2.24, 2.45) is 0 Å². The Bertz CT molecular complexity index is 3090. The fourth-order valence-electron chi connectivity index (χ4n) is 7.71. The summed E-state index contributed by atoms with van der Waals surface area (Å²) >= 11 is 0. The number of furan rings is 1. The first-order valence-corrected chi connectivity index (χ1v) is 17.9. The highest BCUT2D eigenvalue weighted by Gasteiger charge is 2.21. The third-order valence-corrected chi connectivity index (χ3v) is 10.2. The maximum atomic E-state index is 6.34. The molecule has 0 aliphatic carbocycles. The molecule has 0 amide bonds. The first-order valence-electron chi connectivity index (χ1n) is 17.9. The summed E-state index contributed by atoms with van der Waals surface area (Å²) in [7, 11) is 0. The zero-order chi connectivity index (χ0) is 35.6. The van der Waals surface area contributed by atoms with E-state index in [0.29, 0.717) is 23.4 Å². The minimum atomic E-state index is 0.567. The fraction of sp³-hybridized carbons (Fsp3) is 0. The van der Waals surface area contributed by atoms with Gasteiger partial charge >= 0.3 is 0 Å². The van der Waals surface area contributed by atoms with Crippen molar-refractivity contribution < 1.29 is 8.83 Å². The van der Waals surface area contributed by atoms with Crippen LogP contribution >= 0.6 is 0 Å². The predicted molar refractivity (Wildman–Crippen MR) is 217 cm³/mol. The van der Waals surface area contributed by atoms with Crippen LogP contribution < -0.4 is 0 Å². The second-order valence-electron chi connectivity index (χ2n) is 13.4. The van der Waals surface area contributed by atoms with E-state index in [1.807, 2.05) is 91.0 Å². The van der Waals surface area contributed by atoms with Crippen LogP contribution in [0.25, 0.3) is 111 Å². The van der Waals surface area contributed by atoms with Crippen LogP contribution in [0.15, 0.2) is 179 Å². The Morgan fingerprint density at radius 3 is 1.39 bits per heavy atom. The highest BCUT2D eigenvalue weighted by atomic mass is 16.4. The van der Waals surface area contributed by atoms with Crippen molar-refractivity contribution in [3.05, 3.63) is 170 Å². The van der Waals surface area contributed by atoms with Crippen LogP contribution in [0, 0.1) is 0 Å². The molecule has 0 N–H and O–H groups in total. The van der Waals surface area contributed by atoms with Gasteiger partial charge in [-0.25, -0.2) is 19.9 Å². The fourth-order valence-corrected chi connectivity index (χ4v) is 7.71. The summed E-state index contributed by atoms with van der Waals surface area (Å²) < 4.78 is 12.4. The van der Waals surface area contributed by atoms with Crippen molar-refractivity contribution in [1.29, 1.82) is 0 Å². The van der Waals surface area contributed by atoms with Gasteiger partial charge in [0.2, 0.25) is 5.89 Å². The number of oxazole rings is 1. The maximum Gasteiger partial charge on any atom is 0.227 e. The van der Waals surface area contributed by atoms with Crippen molar-refractivity contribution in [3.8, 4) is 56.7 Å². The minimum Gasteiger partial charge on any atom is -0.456 e. The van der Waals surface area contributed by atoms with Gasteiger partial charge in [-0.15, -0.1) is 0 Å². The van der Waals surface area contributed by atoms with Crippen LogP contribution in [0.5, 0.6) is 0 Å². The van der Waals surface area contributed by atoms with Crippen molar-refractivity contribution >= 4 is 54.6 Å². The molecule has 3 heterocycles. The summed E-state index contributed by atoms with van der Waals surface area (Å²) in [6.07, 6.45) is 0. The van der Waals surface area contributed by atoms with E-state index >= 15 is 0 Å². The molecule has 0 fully saturated rings. The zero-order valence-electron chi connectivity index (χ0n) is 28.8. The van der Waals surface area contributed by atoms with Gasteiger partial charge in [-0.3, -0.25) is 0 Å². The van der Waals surface area contributed by atoms with E-state index in [2.05, 4.69) is 78.9 Å². The Kier molecular flexibility index (Phi) is 6.75. The number of fused-ring (bicyclic) bond motifs is 7. The Hall–Kier alpha value is -7.44. The third-order valence-electron chi connectivity index (χ3n) is 10.2. The van der Waals surface area contributed by atoms with E-state index in [9.17, 15) is 0 Å². The molecule has 6 nitrogen and oxygen atoms in total. The Morgan fingerprint density at radius 2 is 0.778 bits per heavy atom. The van der Waals surface area contributed by atoms with E-state index in [1.54, 1.807) is 0 Å². The zero-order valence-corrected chi connectivity index (χ0v) is 28.8. The van der Waals surface area contributed by atoms with E-state index < -0.39 is 0 Å². The average Bonchev–Trinajstić information content (AvgIpc) is 3.85. The van der Waals surface area contributed by atoms with Crippen LogP contribution in [0.1, 0.15) is 0 Å². The molecule has 0 saturated carbocycles. The van der Waals surface area contributed by atoms with E-state index in [1.165, 1.54) is 0 Å². The largest absolute Gasteiger partial charge is 0.456 e. The number of para-hydroxylation sites is 1.